The second-order valence-electron chi connectivity index (χ2n) is 7.48. The van der Waals surface area contributed by atoms with Crippen molar-refractivity contribution in [3.05, 3.63) is 71.4 Å². The van der Waals surface area contributed by atoms with Gasteiger partial charge in [0.05, 0.1) is 18.7 Å². The fourth-order valence-corrected chi connectivity index (χ4v) is 3.97. The Morgan fingerprint density at radius 3 is 2.81 bits per heavy atom. The number of fused-ring (bicyclic) bond motifs is 1. The molecule has 1 aliphatic heterocycles. The van der Waals surface area contributed by atoms with Gasteiger partial charge >= 0.3 is 0 Å². The van der Waals surface area contributed by atoms with Crippen molar-refractivity contribution in [2.24, 2.45) is 0 Å². The molecule has 1 amide bonds. The average molecular weight is 420 g/mol. The zero-order valence-electron chi connectivity index (χ0n) is 17.5. The first-order valence-corrected chi connectivity index (χ1v) is 10.3. The lowest BCUT2D eigenvalue weighted by molar-refractivity contribution is -0.129. The van der Waals surface area contributed by atoms with Gasteiger partial charge in [-0.15, -0.1) is 0 Å². The van der Waals surface area contributed by atoms with Crippen LogP contribution in [0.4, 0.5) is 0 Å². The number of benzene rings is 1. The van der Waals surface area contributed by atoms with E-state index in [1.807, 2.05) is 6.07 Å². The summed E-state index contributed by atoms with van der Waals surface area (Å²) in [6, 6.07) is 9.77. The van der Waals surface area contributed by atoms with Crippen molar-refractivity contribution >= 4 is 22.7 Å². The van der Waals surface area contributed by atoms with Gasteiger partial charge in [-0.1, -0.05) is 38.0 Å². The molecule has 160 valence electrons. The number of hydrogen-bond acceptors (Lipinski definition) is 6. The van der Waals surface area contributed by atoms with E-state index in [4.69, 9.17) is 9.15 Å². The van der Waals surface area contributed by atoms with Crippen molar-refractivity contribution < 1.29 is 23.8 Å². The van der Waals surface area contributed by atoms with Crippen molar-refractivity contribution in [1.29, 1.82) is 0 Å². The second kappa shape index (κ2) is 8.63. The van der Waals surface area contributed by atoms with Gasteiger partial charge in [0.25, 0.3) is 5.91 Å². The zero-order chi connectivity index (χ0) is 22.0. The molecule has 4 rings (SSSR count). The number of aliphatic hydroxyl groups is 1. The van der Waals surface area contributed by atoms with Crippen LogP contribution in [0.15, 0.2) is 64.5 Å². The van der Waals surface area contributed by atoms with Gasteiger partial charge in [0.1, 0.15) is 0 Å². The molecule has 0 saturated heterocycles. The zero-order valence-corrected chi connectivity index (χ0v) is 17.5. The Morgan fingerprint density at radius 1 is 1.26 bits per heavy atom. The summed E-state index contributed by atoms with van der Waals surface area (Å²) in [5.74, 6) is -1.08. The Labute approximate surface area is 179 Å². The molecular formula is C24H24N2O5. The largest absolute Gasteiger partial charge is 0.503 e. The number of unbranched alkanes of at least 4 members (excludes halogenated alkanes) is 2. The Morgan fingerprint density at radius 2 is 2.10 bits per heavy atom. The molecule has 1 unspecified atom stereocenters. The van der Waals surface area contributed by atoms with E-state index < -0.39 is 23.5 Å². The number of amides is 1. The van der Waals surface area contributed by atoms with Crippen LogP contribution in [-0.2, 0) is 4.79 Å². The van der Waals surface area contributed by atoms with Crippen LogP contribution in [-0.4, -0.2) is 40.3 Å². The predicted molar refractivity (Wildman–Crippen MR) is 115 cm³/mol. The van der Waals surface area contributed by atoms with Gasteiger partial charge in [-0.3, -0.25) is 14.6 Å². The third-order valence-corrected chi connectivity index (χ3v) is 5.50. The normalized spacial score (nSPS) is 16.4. The standard InChI is InChI=1S/C24H24N2O5/c1-3-4-5-12-26-20(16-9-7-11-25-14-16)19(22(28)24(26)29)21(27)18-13-15-8-6-10-17(30-2)23(15)31-18/h6-11,13-14,20,28H,3-5,12H2,1-2H3. The molecule has 0 bridgehead atoms. The number of aromatic nitrogens is 1. The van der Waals surface area contributed by atoms with E-state index in [-0.39, 0.29) is 11.3 Å². The number of pyridine rings is 1. The molecule has 0 spiro atoms. The van der Waals surface area contributed by atoms with Crippen molar-refractivity contribution in [3.8, 4) is 5.75 Å². The summed E-state index contributed by atoms with van der Waals surface area (Å²) in [5, 5.41) is 11.4. The second-order valence-corrected chi connectivity index (χ2v) is 7.48. The molecule has 3 aromatic rings. The first-order chi connectivity index (χ1) is 15.1. The summed E-state index contributed by atoms with van der Waals surface area (Å²) in [7, 11) is 1.52. The van der Waals surface area contributed by atoms with E-state index in [0.29, 0.717) is 28.8 Å². The summed E-state index contributed by atoms with van der Waals surface area (Å²) in [6.45, 7) is 2.51. The highest BCUT2D eigenvalue weighted by Crippen LogP contribution is 2.40. The number of para-hydroxylation sites is 1. The third-order valence-electron chi connectivity index (χ3n) is 5.50. The van der Waals surface area contributed by atoms with Crippen LogP contribution in [0.25, 0.3) is 11.0 Å². The molecule has 1 aromatic carbocycles. The summed E-state index contributed by atoms with van der Waals surface area (Å²) >= 11 is 0. The topological polar surface area (TPSA) is 92.9 Å². The van der Waals surface area contributed by atoms with Gasteiger partial charge in [0.2, 0.25) is 5.78 Å². The van der Waals surface area contributed by atoms with E-state index in [1.54, 1.807) is 47.6 Å². The van der Waals surface area contributed by atoms with Crippen LogP contribution in [0.2, 0.25) is 0 Å². The maximum Gasteiger partial charge on any atom is 0.290 e. The SMILES string of the molecule is CCCCCN1C(=O)C(O)=C(C(=O)c2cc3cccc(OC)c3o2)C1c1cccnc1. The lowest BCUT2D eigenvalue weighted by Crippen LogP contribution is -2.32. The lowest BCUT2D eigenvalue weighted by Gasteiger charge is -2.26. The van der Waals surface area contributed by atoms with E-state index in [1.165, 1.54) is 7.11 Å². The molecule has 2 aromatic heterocycles. The number of Topliss-reactive ketones (excluding diaryl/α,β-unsaturated/α-hetero) is 1. The van der Waals surface area contributed by atoms with Crippen LogP contribution in [0, 0.1) is 0 Å². The van der Waals surface area contributed by atoms with Crippen LogP contribution in [0.3, 0.4) is 0 Å². The average Bonchev–Trinajstić information content (AvgIpc) is 3.34. The number of furan rings is 1. The highest BCUT2D eigenvalue weighted by atomic mass is 16.5. The Kier molecular flexibility index (Phi) is 5.75. The molecular weight excluding hydrogens is 396 g/mol. The van der Waals surface area contributed by atoms with Crippen molar-refractivity contribution in [2.75, 3.05) is 13.7 Å². The molecule has 0 radical (unpaired) electrons. The van der Waals surface area contributed by atoms with Crippen LogP contribution < -0.4 is 4.74 Å². The highest BCUT2D eigenvalue weighted by molar-refractivity contribution is 6.16. The van der Waals surface area contributed by atoms with Crippen molar-refractivity contribution in [2.45, 2.75) is 32.2 Å². The number of ether oxygens (including phenoxy) is 1. The molecule has 0 fully saturated rings. The number of ketones is 1. The number of carbonyl (C=O) groups is 2. The fraction of sp³-hybridized carbons (Fsp3) is 0.292. The van der Waals surface area contributed by atoms with Gasteiger partial charge in [-0.2, -0.15) is 0 Å². The number of aliphatic hydroxyl groups excluding tert-OH is 1. The van der Waals surface area contributed by atoms with Gasteiger partial charge in [0.15, 0.2) is 22.9 Å². The Balaban J connectivity index is 1.77. The third kappa shape index (κ3) is 3.67. The summed E-state index contributed by atoms with van der Waals surface area (Å²) in [4.78, 5) is 32.1. The minimum Gasteiger partial charge on any atom is -0.503 e. The molecule has 1 atom stereocenters. The van der Waals surface area contributed by atoms with E-state index in [0.717, 1.165) is 19.3 Å². The Bertz CT molecular complexity index is 1150. The maximum absolute atomic E-state index is 13.5. The van der Waals surface area contributed by atoms with E-state index in [2.05, 4.69) is 11.9 Å². The number of nitrogens with zero attached hydrogens (tertiary/aromatic N) is 2. The summed E-state index contributed by atoms with van der Waals surface area (Å²) < 4.78 is 11.1. The lowest BCUT2D eigenvalue weighted by atomic mass is 9.96. The monoisotopic (exact) mass is 420 g/mol. The maximum atomic E-state index is 13.5. The summed E-state index contributed by atoms with van der Waals surface area (Å²) in [5.41, 5.74) is 1.11. The molecule has 0 saturated carbocycles. The number of carbonyl (C=O) groups excluding carboxylic acids is 2. The first-order valence-electron chi connectivity index (χ1n) is 10.3. The number of rotatable bonds is 8. The van der Waals surface area contributed by atoms with E-state index >= 15 is 0 Å². The van der Waals surface area contributed by atoms with Gasteiger partial charge in [0, 0.05) is 24.3 Å². The molecule has 1 aliphatic rings. The fourth-order valence-electron chi connectivity index (χ4n) is 3.97. The van der Waals surface area contributed by atoms with E-state index in [9.17, 15) is 14.7 Å². The summed E-state index contributed by atoms with van der Waals surface area (Å²) in [6.07, 6.45) is 5.94. The van der Waals surface area contributed by atoms with Gasteiger partial charge < -0.3 is 19.2 Å². The molecule has 3 heterocycles. The molecule has 0 aliphatic carbocycles. The van der Waals surface area contributed by atoms with Crippen molar-refractivity contribution in [3.63, 3.8) is 0 Å². The van der Waals surface area contributed by atoms with Crippen molar-refractivity contribution in [1.82, 2.24) is 9.88 Å². The first kappa shape index (κ1) is 20.7. The number of methoxy groups -OCH3 is 1. The smallest absolute Gasteiger partial charge is 0.290 e. The molecule has 31 heavy (non-hydrogen) atoms. The highest BCUT2D eigenvalue weighted by Gasteiger charge is 2.44. The molecule has 1 N–H and O–H groups in total. The van der Waals surface area contributed by atoms with Crippen LogP contribution in [0.5, 0.6) is 5.75 Å². The van der Waals surface area contributed by atoms with Crippen LogP contribution >= 0.6 is 0 Å². The quantitative estimate of drug-likeness (QED) is 0.423. The predicted octanol–water partition coefficient (Wildman–Crippen LogP) is 4.60. The minimum absolute atomic E-state index is 0.00696. The molecule has 7 nitrogen and oxygen atoms in total. The van der Waals surface area contributed by atoms with Crippen LogP contribution in [0.1, 0.15) is 48.3 Å². The minimum atomic E-state index is -0.722. The Hall–Kier alpha value is -3.61. The van der Waals surface area contributed by atoms with Gasteiger partial charge in [-0.25, -0.2) is 0 Å². The van der Waals surface area contributed by atoms with Gasteiger partial charge in [-0.05, 0) is 30.2 Å². The molecule has 7 heteroatoms. The number of hydrogen-bond donors (Lipinski definition) is 1.